The van der Waals surface area contributed by atoms with E-state index < -0.39 is 0 Å². The second kappa shape index (κ2) is 6.44. The Bertz CT molecular complexity index is 629. The molecule has 0 unspecified atom stereocenters. The lowest BCUT2D eigenvalue weighted by Crippen LogP contribution is -2.31. The van der Waals surface area contributed by atoms with Crippen LogP contribution in [0.1, 0.15) is 30.0 Å². The summed E-state index contributed by atoms with van der Waals surface area (Å²) in [5.41, 5.74) is 3.81. The zero-order valence-electron chi connectivity index (χ0n) is 12.8. The summed E-state index contributed by atoms with van der Waals surface area (Å²) in [4.78, 5) is 14.1. The number of rotatable bonds is 4. The summed E-state index contributed by atoms with van der Waals surface area (Å²) in [7, 11) is 0. The van der Waals surface area contributed by atoms with E-state index in [4.69, 9.17) is 0 Å². The molecule has 0 atom stereocenters. The van der Waals surface area contributed by atoms with Gasteiger partial charge in [-0.1, -0.05) is 43.3 Å². The fraction of sp³-hybridized carbons (Fsp3) is 0.278. The van der Waals surface area contributed by atoms with Gasteiger partial charge in [-0.3, -0.25) is 4.79 Å². The van der Waals surface area contributed by atoms with Gasteiger partial charge in [0.1, 0.15) is 5.75 Å². The van der Waals surface area contributed by atoms with E-state index in [9.17, 15) is 9.90 Å². The molecule has 3 nitrogen and oxygen atoms in total. The second-order valence-electron chi connectivity index (χ2n) is 5.20. The van der Waals surface area contributed by atoms with E-state index in [1.54, 1.807) is 17.0 Å². The van der Waals surface area contributed by atoms with Crippen molar-refractivity contribution in [2.75, 3.05) is 4.90 Å². The van der Waals surface area contributed by atoms with Crippen molar-refractivity contribution in [3.05, 3.63) is 59.2 Å². The maximum atomic E-state index is 12.4. The summed E-state index contributed by atoms with van der Waals surface area (Å²) in [6.45, 7) is 6.24. The number of phenolic OH excluding ortho intramolecular Hbond substituents is 1. The molecular formula is C18H21NO2. The monoisotopic (exact) mass is 283 g/mol. The molecule has 0 fully saturated rings. The zero-order valence-corrected chi connectivity index (χ0v) is 12.8. The average molecular weight is 283 g/mol. The van der Waals surface area contributed by atoms with Crippen molar-refractivity contribution < 1.29 is 9.90 Å². The third-order valence-electron chi connectivity index (χ3n) is 3.63. The summed E-state index contributed by atoms with van der Waals surface area (Å²) in [5, 5.41) is 9.96. The lowest BCUT2D eigenvalue weighted by Gasteiger charge is -2.26. The van der Waals surface area contributed by atoms with Gasteiger partial charge in [0.25, 0.3) is 0 Å². The predicted octanol–water partition coefficient (Wildman–Crippen LogP) is 3.95. The van der Waals surface area contributed by atoms with E-state index in [1.807, 2.05) is 51.1 Å². The van der Waals surface area contributed by atoms with Crippen LogP contribution >= 0.6 is 0 Å². The van der Waals surface area contributed by atoms with Crippen LogP contribution in [0.15, 0.2) is 42.5 Å². The first kappa shape index (κ1) is 15.1. The molecule has 3 heteroatoms. The quantitative estimate of drug-likeness (QED) is 0.923. The minimum absolute atomic E-state index is 0.0515. The Kier molecular flexibility index (Phi) is 4.63. The van der Waals surface area contributed by atoms with Crippen molar-refractivity contribution in [2.24, 2.45) is 0 Å². The van der Waals surface area contributed by atoms with Crippen LogP contribution in [0.2, 0.25) is 0 Å². The van der Waals surface area contributed by atoms with Crippen LogP contribution in [-0.2, 0) is 11.3 Å². The average Bonchev–Trinajstić information content (AvgIpc) is 2.47. The standard InChI is InChI=1S/C18H21NO2/c1-4-17(21)19(12-15-10-5-6-11-16(15)20)18-13(2)8-7-9-14(18)3/h5-11,20H,4,12H2,1-3H3. The van der Waals surface area contributed by atoms with Crippen LogP contribution in [0.4, 0.5) is 5.69 Å². The number of carbonyl (C=O) groups is 1. The molecule has 2 rings (SSSR count). The molecule has 0 aromatic heterocycles. The van der Waals surface area contributed by atoms with E-state index in [2.05, 4.69) is 0 Å². The van der Waals surface area contributed by atoms with Gasteiger partial charge in [-0.2, -0.15) is 0 Å². The van der Waals surface area contributed by atoms with Crippen LogP contribution in [0, 0.1) is 13.8 Å². The Morgan fingerprint density at radius 1 is 1.05 bits per heavy atom. The number of hydrogen-bond acceptors (Lipinski definition) is 2. The molecule has 0 aliphatic carbocycles. The molecule has 21 heavy (non-hydrogen) atoms. The maximum Gasteiger partial charge on any atom is 0.227 e. The highest BCUT2D eigenvalue weighted by atomic mass is 16.3. The van der Waals surface area contributed by atoms with Gasteiger partial charge in [0.2, 0.25) is 5.91 Å². The Labute approximate surface area is 125 Å². The third-order valence-corrected chi connectivity index (χ3v) is 3.63. The highest BCUT2D eigenvalue weighted by Gasteiger charge is 2.19. The molecule has 0 bridgehead atoms. The summed E-state index contributed by atoms with van der Waals surface area (Å²) >= 11 is 0. The van der Waals surface area contributed by atoms with Crippen LogP contribution in [0.5, 0.6) is 5.75 Å². The predicted molar refractivity (Wildman–Crippen MR) is 85.5 cm³/mol. The van der Waals surface area contributed by atoms with Crippen molar-refractivity contribution >= 4 is 11.6 Å². The van der Waals surface area contributed by atoms with Gasteiger partial charge in [-0.15, -0.1) is 0 Å². The van der Waals surface area contributed by atoms with Crippen molar-refractivity contribution in [3.63, 3.8) is 0 Å². The summed E-state index contributed by atoms with van der Waals surface area (Å²) in [6, 6.07) is 13.1. The van der Waals surface area contributed by atoms with Gasteiger partial charge in [0.15, 0.2) is 0 Å². The number of para-hydroxylation sites is 2. The summed E-state index contributed by atoms with van der Waals surface area (Å²) < 4.78 is 0. The Balaban J connectivity index is 2.45. The molecule has 1 N–H and O–H groups in total. The molecule has 2 aromatic carbocycles. The van der Waals surface area contributed by atoms with Gasteiger partial charge in [-0.25, -0.2) is 0 Å². The molecule has 0 saturated carbocycles. The van der Waals surface area contributed by atoms with Crippen molar-refractivity contribution in [2.45, 2.75) is 33.7 Å². The number of anilines is 1. The molecule has 2 aromatic rings. The fourth-order valence-corrected chi connectivity index (χ4v) is 2.53. The normalized spacial score (nSPS) is 10.4. The molecule has 0 aliphatic rings. The minimum Gasteiger partial charge on any atom is -0.508 e. The highest BCUT2D eigenvalue weighted by molar-refractivity contribution is 5.94. The van der Waals surface area contributed by atoms with Gasteiger partial charge < -0.3 is 10.0 Å². The largest absolute Gasteiger partial charge is 0.508 e. The number of phenols is 1. The lowest BCUT2D eigenvalue weighted by molar-refractivity contribution is -0.118. The maximum absolute atomic E-state index is 12.4. The fourth-order valence-electron chi connectivity index (χ4n) is 2.53. The first-order valence-corrected chi connectivity index (χ1v) is 7.18. The first-order valence-electron chi connectivity index (χ1n) is 7.18. The van der Waals surface area contributed by atoms with Crippen molar-refractivity contribution in [1.82, 2.24) is 0 Å². The van der Waals surface area contributed by atoms with E-state index in [1.165, 1.54) is 0 Å². The number of amides is 1. The van der Waals surface area contributed by atoms with E-state index in [0.29, 0.717) is 13.0 Å². The zero-order chi connectivity index (χ0) is 15.4. The van der Waals surface area contributed by atoms with Crippen molar-refractivity contribution in [3.8, 4) is 5.75 Å². The number of aromatic hydroxyl groups is 1. The lowest BCUT2D eigenvalue weighted by atomic mass is 10.1. The minimum atomic E-state index is 0.0515. The number of hydrogen-bond donors (Lipinski definition) is 1. The molecule has 0 saturated heterocycles. The molecule has 0 spiro atoms. The number of nitrogens with zero attached hydrogens (tertiary/aromatic N) is 1. The van der Waals surface area contributed by atoms with Gasteiger partial charge in [-0.05, 0) is 31.0 Å². The summed E-state index contributed by atoms with van der Waals surface area (Å²) in [5.74, 6) is 0.272. The molecule has 1 amide bonds. The third kappa shape index (κ3) is 3.24. The van der Waals surface area contributed by atoms with Crippen LogP contribution in [0.3, 0.4) is 0 Å². The Morgan fingerprint density at radius 3 is 2.24 bits per heavy atom. The second-order valence-corrected chi connectivity index (χ2v) is 5.20. The SMILES string of the molecule is CCC(=O)N(Cc1ccccc1O)c1c(C)cccc1C. The number of benzene rings is 2. The Morgan fingerprint density at radius 2 is 1.67 bits per heavy atom. The van der Waals surface area contributed by atoms with Gasteiger partial charge in [0, 0.05) is 17.7 Å². The van der Waals surface area contributed by atoms with Crippen molar-refractivity contribution in [1.29, 1.82) is 0 Å². The first-order chi connectivity index (χ1) is 10.0. The van der Waals surface area contributed by atoms with Crippen LogP contribution in [0.25, 0.3) is 0 Å². The van der Waals surface area contributed by atoms with Crippen LogP contribution < -0.4 is 4.90 Å². The van der Waals surface area contributed by atoms with Gasteiger partial charge in [0.05, 0.1) is 6.54 Å². The Hall–Kier alpha value is -2.29. The van der Waals surface area contributed by atoms with Gasteiger partial charge >= 0.3 is 0 Å². The summed E-state index contributed by atoms with van der Waals surface area (Å²) in [6.07, 6.45) is 0.432. The number of aryl methyl sites for hydroxylation is 2. The van der Waals surface area contributed by atoms with E-state index >= 15 is 0 Å². The molecule has 110 valence electrons. The molecular weight excluding hydrogens is 262 g/mol. The molecule has 0 aliphatic heterocycles. The molecule has 0 heterocycles. The smallest absolute Gasteiger partial charge is 0.227 e. The molecule has 0 radical (unpaired) electrons. The topological polar surface area (TPSA) is 40.5 Å². The van der Waals surface area contributed by atoms with Crippen LogP contribution in [-0.4, -0.2) is 11.0 Å². The van der Waals surface area contributed by atoms with E-state index in [0.717, 1.165) is 22.4 Å². The number of carbonyl (C=O) groups excluding carboxylic acids is 1. The van der Waals surface area contributed by atoms with E-state index in [-0.39, 0.29) is 11.7 Å². The highest BCUT2D eigenvalue weighted by Crippen LogP contribution is 2.28.